The van der Waals surface area contributed by atoms with Crippen LogP contribution >= 0.6 is 0 Å². The fourth-order valence-electron chi connectivity index (χ4n) is 4.50. The zero-order chi connectivity index (χ0) is 24.8. The van der Waals surface area contributed by atoms with Crippen molar-refractivity contribution in [1.82, 2.24) is 15.1 Å². The number of hydrogen-bond donors (Lipinski definition) is 3. The number of aromatic hydroxyl groups is 1. The molecule has 1 aliphatic heterocycles. The molecular formula is C24H30N4O7. The Hall–Kier alpha value is -3.76. The number of amides is 2. The summed E-state index contributed by atoms with van der Waals surface area (Å²) in [5.74, 6) is 0.0258. The van der Waals surface area contributed by atoms with Gasteiger partial charge in [0.2, 0.25) is 0 Å². The lowest BCUT2D eigenvalue weighted by molar-refractivity contribution is -0.118. The first-order chi connectivity index (χ1) is 17.0. The van der Waals surface area contributed by atoms with Gasteiger partial charge < -0.3 is 29.5 Å². The van der Waals surface area contributed by atoms with Crippen LogP contribution in [0.3, 0.4) is 0 Å². The smallest absolute Gasteiger partial charge is 0.410 e. The highest BCUT2D eigenvalue weighted by atomic mass is 16.6. The Bertz CT molecular complexity index is 1060. The topological polar surface area (TPSA) is 143 Å². The molecule has 1 aromatic heterocycles. The molecule has 1 saturated heterocycles. The predicted molar refractivity (Wildman–Crippen MR) is 125 cm³/mol. The Morgan fingerprint density at radius 2 is 2.03 bits per heavy atom. The molecular weight excluding hydrogens is 456 g/mol. The zero-order valence-electron chi connectivity index (χ0n) is 19.6. The van der Waals surface area contributed by atoms with Gasteiger partial charge in [-0.25, -0.2) is 4.79 Å². The number of benzene rings is 1. The third kappa shape index (κ3) is 6.03. The number of ether oxygens (including phenoxy) is 3. The van der Waals surface area contributed by atoms with Gasteiger partial charge in [0.15, 0.2) is 18.7 Å². The number of rotatable bonds is 8. The van der Waals surface area contributed by atoms with E-state index in [-0.39, 0.29) is 40.9 Å². The van der Waals surface area contributed by atoms with Gasteiger partial charge in [-0.15, -0.1) is 0 Å². The maximum absolute atomic E-state index is 12.4. The van der Waals surface area contributed by atoms with E-state index in [0.717, 1.165) is 50.9 Å². The molecule has 2 aromatic rings. The van der Waals surface area contributed by atoms with Crippen molar-refractivity contribution >= 4 is 24.1 Å². The monoisotopic (exact) mass is 486 g/mol. The molecule has 0 spiro atoms. The van der Waals surface area contributed by atoms with E-state index in [9.17, 15) is 19.5 Å². The Labute approximate surface area is 202 Å². The highest BCUT2D eigenvalue weighted by Crippen LogP contribution is 2.36. The second-order valence-corrected chi connectivity index (χ2v) is 8.79. The number of nitrogens with one attached hydrogen (secondary N) is 2. The summed E-state index contributed by atoms with van der Waals surface area (Å²) in [6, 6.07) is 4.45. The van der Waals surface area contributed by atoms with Crippen LogP contribution in [0.25, 0.3) is 0 Å². The van der Waals surface area contributed by atoms with Gasteiger partial charge in [0, 0.05) is 42.9 Å². The van der Waals surface area contributed by atoms with E-state index in [1.807, 2.05) is 0 Å². The van der Waals surface area contributed by atoms with Gasteiger partial charge in [-0.05, 0) is 38.5 Å². The first-order valence-corrected chi connectivity index (χ1v) is 11.8. The number of aromatic nitrogens is 2. The third-order valence-electron chi connectivity index (χ3n) is 6.38. The molecule has 2 fully saturated rings. The standard InChI is InChI=1S/C24H30N4O7/c1-33-17-10-20(30)18(13-29)21(11-17)34-14-23(31)25-22-12-19(26-27-22)15-5-6-16(9-15)35-24(32)28-7-3-2-4-8-28/h10-13,15-16,30H,2-9,14H2,1H3,(H2,25,26,27,31)/t15-,16+/m0/s1. The van der Waals surface area contributed by atoms with Crippen molar-refractivity contribution in [3.63, 3.8) is 0 Å². The van der Waals surface area contributed by atoms with E-state index in [1.54, 1.807) is 11.0 Å². The fraction of sp³-hybridized carbons (Fsp3) is 0.500. The van der Waals surface area contributed by atoms with Crippen LogP contribution in [-0.2, 0) is 9.53 Å². The van der Waals surface area contributed by atoms with Crippen LogP contribution in [0.5, 0.6) is 17.2 Å². The Morgan fingerprint density at radius 3 is 2.77 bits per heavy atom. The Balaban J connectivity index is 1.27. The van der Waals surface area contributed by atoms with Crippen LogP contribution in [0.4, 0.5) is 10.6 Å². The van der Waals surface area contributed by atoms with E-state index in [1.165, 1.54) is 19.2 Å². The van der Waals surface area contributed by atoms with Gasteiger partial charge in [0.25, 0.3) is 5.91 Å². The minimum Gasteiger partial charge on any atom is -0.507 e. The molecule has 2 aliphatic rings. The summed E-state index contributed by atoms with van der Waals surface area (Å²) in [6.45, 7) is 1.13. The Kier molecular flexibility index (Phi) is 7.74. The number of H-pyrrole nitrogens is 1. The van der Waals surface area contributed by atoms with E-state index in [0.29, 0.717) is 18.5 Å². The summed E-state index contributed by atoms with van der Waals surface area (Å²) in [6.07, 6.45) is 5.63. The number of methoxy groups -OCH3 is 1. The molecule has 11 heteroatoms. The molecule has 188 valence electrons. The van der Waals surface area contributed by atoms with Gasteiger partial charge in [-0.1, -0.05) is 0 Å². The summed E-state index contributed by atoms with van der Waals surface area (Å²) in [4.78, 5) is 37.7. The number of likely N-dealkylation sites (tertiary alicyclic amines) is 1. The number of nitrogens with zero attached hydrogens (tertiary/aromatic N) is 2. The largest absolute Gasteiger partial charge is 0.507 e. The normalized spacial score (nSPS) is 19.7. The predicted octanol–water partition coefficient (Wildman–Crippen LogP) is 3.21. The fourth-order valence-corrected chi connectivity index (χ4v) is 4.50. The van der Waals surface area contributed by atoms with E-state index < -0.39 is 12.5 Å². The second kappa shape index (κ2) is 11.1. The van der Waals surface area contributed by atoms with Crippen molar-refractivity contribution < 1.29 is 33.7 Å². The molecule has 0 unspecified atom stereocenters. The molecule has 0 bridgehead atoms. The van der Waals surface area contributed by atoms with Gasteiger partial charge in [0.1, 0.15) is 23.4 Å². The molecule has 0 radical (unpaired) electrons. The highest BCUT2D eigenvalue weighted by Gasteiger charge is 2.31. The van der Waals surface area contributed by atoms with Crippen molar-refractivity contribution in [3.8, 4) is 17.2 Å². The van der Waals surface area contributed by atoms with E-state index >= 15 is 0 Å². The van der Waals surface area contributed by atoms with Gasteiger partial charge in [-0.2, -0.15) is 5.10 Å². The van der Waals surface area contributed by atoms with Crippen molar-refractivity contribution in [1.29, 1.82) is 0 Å². The number of carbonyl (C=O) groups excluding carboxylic acids is 3. The average Bonchev–Trinajstić information content (AvgIpc) is 3.52. The van der Waals surface area contributed by atoms with Gasteiger partial charge >= 0.3 is 6.09 Å². The number of phenols is 1. The first kappa shape index (κ1) is 24.4. The molecule has 11 nitrogen and oxygen atoms in total. The van der Waals surface area contributed by atoms with Gasteiger partial charge in [-0.3, -0.25) is 14.7 Å². The molecule has 4 rings (SSSR count). The van der Waals surface area contributed by atoms with Crippen LogP contribution < -0.4 is 14.8 Å². The summed E-state index contributed by atoms with van der Waals surface area (Å²) in [7, 11) is 1.41. The van der Waals surface area contributed by atoms with Crippen molar-refractivity contribution in [2.75, 3.05) is 32.1 Å². The number of aldehydes is 1. The molecule has 35 heavy (non-hydrogen) atoms. The minimum atomic E-state index is -0.484. The molecule has 1 aromatic carbocycles. The molecule has 2 atom stereocenters. The SMILES string of the molecule is COc1cc(O)c(C=O)c(OCC(=O)Nc2cc([C@H]3CC[C@@H](OC(=O)N4CCCCC4)C3)[nH]n2)c1. The summed E-state index contributed by atoms with van der Waals surface area (Å²) >= 11 is 0. The molecule has 3 N–H and O–H groups in total. The summed E-state index contributed by atoms with van der Waals surface area (Å²) < 4.78 is 16.2. The Morgan fingerprint density at radius 1 is 1.23 bits per heavy atom. The number of phenolic OH excluding ortho intramolecular Hbond substituents is 1. The zero-order valence-corrected chi connectivity index (χ0v) is 19.6. The second-order valence-electron chi connectivity index (χ2n) is 8.79. The number of anilines is 1. The van der Waals surface area contributed by atoms with Crippen LogP contribution in [0.2, 0.25) is 0 Å². The molecule has 1 saturated carbocycles. The number of piperidine rings is 1. The van der Waals surface area contributed by atoms with Crippen LogP contribution in [-0.4, -0.2) is 71.4 Å². The van der Waals surface area contributed by atoms with Crippen LogP contribution in [0.15, 0.2) is 18.2 Å². The quantitative estimate of drug-likeness (QED) is 0.483. The van der Waals surface area contributed by atoms with E-state index in [2.05, 4.69) is 15.5 Å². The minimum absolute atomic E-state index is 0.0332. The van der Waals surface area contributed by atoms with E-state index in [4.69, 9.17) is 14.2 Å². The highest BCUT2D eigenvalue weighted by molar-refractivity contribution is 5.91. The van der Waals surface area contributed by atoms with Crippen LogP contribution in [0, 0.1) is 0 Å². The lowest BCUT2D eigenvalue weighted by Gasteiger charge is -2.27. The molecule has 2 heterocycles. The van der Waals surface area contributed by atoms with Crippen molar-refractivity contribution in [2.24, 2.45) is 0 Å². The van der Waals surface area contributed by atoms with Crippen molar-refractivity contribution in [3.05, 3.63) is 29.5 Å². The van der Waals surface area contributed by atoms with Crippen molar-refractivity contribution in [2.45, 2.75) is 50.5 Å². The maximum atomic E-state index is 12.4. The lowest BCUT2D eigenvalue weighted by atomic mass is 10.0. The molecule has 1 aliphatic carbocycles. The van der Waals surface area contributed by atoms with Crippen LogP contribution in [0.1, 0.15) is 60.5 Å². The molecule has 2 amide bonds. The van der Waals surface area contributed by atoms with Gasteiger partial charge in [0.05, 0.1) is 12.7 Å². The first-order valence-electron chi connectivity index (χ1n) is 11.8. The lowest BCUT2D eigenvalue weighted by Crippen LogP contribution is -2.37. The summed E-state index contributed by atoms with van der Waals surface area (Å²) in [5.41, 5.74) is 0.788. The third-order valence-corrected chi connectivity index (χ3v) is 6.38. The maximum Gasteiger partial charge on any atom is 0.410 e. The average molecular weight is 487 g/mol. The summed E-state index contributed by atoms with van der Waals surface area (Å²) in [5, 5.41) is 19.6. The number of aromatic amines is 1. The number of carbonyl (C=O) groups is 3. The number of hydrogen-bond acceptors (Lipinski definition) is 8.